The number of rotatable bonds is 3. The predicted molar refractivity (Wildman–Crippen MR) is 76.4 cm³/mol. The molecule has 0 bridgehead atoms. The van der Waals surface area contributed by atoms with E-state index in [-0.39, 0.29) is 5.82 Å². The molecule has 92 valence electrons. The molecule has 0 amide bonds. The molecular weight excluding hydrogens is 270 g/mol. The second kappa shape index (κ2) is 6.03. The van der Waals surface area contributed by atoms with Crippen molar-refractivity contribution in [2.45, 2.75) is 0 Å². The molecule has 0 saturated carbocycles. The first kappa shape index (κ1) is 13.1. The van der Waals surface area contributed by atoms with Gasteiger partial charge in [0.25, 0.3) is 0 Å². The van der Waals surface area contributed by atoms with E-state index in [4.69, 9.17) is 23.2 Å². The van der Waals surface area contributed by atoms with Crippen LogP contribution in [0.5, 0.6) is 0 Å². The summed E-state index contributed by atoms with van der Waals surface area (Å²) in [7, 11) is 0. The third-order valence-corrected chi connectivity index (χ3v) is 3.23. The number of halogens is 3. The summed E-state index contributed by atoms with van der Waals surface area (Å²) in [6, 6.07) is 13.8. The van der Waals surface area contributed by atoms with E-state index < -0.39 is 0 Å². The van der Waals surface area contributed by atoms with Crippen LogP contribution in [0, 0.1) is 5.82 Å². The van der Waals surface area contributed by atoms with Crippen molar-refractivity contribution >= 4 is 34.9 Å². The van der Waals surface area contributed by atoms with Crippen LogP contribution in [0.2, 0.25) is 5.02 Å². The normalized spacial score (nSPS) is 11.6. The Balaban J connectivity index is 2.40. The predicted octanol–water partition coefficient (Wildman–Crippen LogP) is 5.26. The van der Waals surface area contributed by atoms with E-state index >= 15 is 0 Å². The molecule has 2 rings (SSSR count). The van der Waals surface area contributed by atoms with Gasteiger partial charge in [0.1, 0.15) is 5.82 Å². The van der Waals surface area contributed by atoms with Crippen LogP contribution < -0.4 is 0 Å². The van der Waals surface area contributed by atoms with E-state index in [0.717, 1.165) is 16.7 Å². The largest absolute Gasteiger partial charge is 0.207 e. The van der Waals surface area contributed by atoms with E-state index in [1.807, 2.05) is 30.3 Å². The van der Waals surface area contributed by atoms with Crippen molar-refractivity contribution in [2.75, 3.05) is 5.88 Å². The Labute approximate surface area is 116 Å². The van der Waals surface area contributed by atoms with Crippen LogP contribution >= 0.6 is 23.2 Å². The summed E-state index contributed by atoms with van der Waals surface area (Å²) in [6.07, 6.45) is 1.92. The maximum absolute atomic E-state index is 12.9. The van der Waals surface area contributed by atoms with Crippen molar-refractivity contribution in [2.24, 2.45) is 0 Å². The molecule has 0 N–H and O–H groups in total. The van der Waals surface area contributed by atoms with E-state index in [0.29, 0.717) is 10.9 Å². The molecule has 0 heterocycles. The monoisotopic (exact) mass is 280 g/mol. The molecule has 0 spiro atoms. The lowest BCUT2D eigenvalue weighted by atomic mass is 10.0. The second-order valence-corrected chi connectivity index (χ2v) is 4.51. The fourth-order valence-electron chi connectivity index (χ4n) is 1.64. The Morgan fingerprint density at radius 3 is 2.33 bits per heavy atom. The fraction of sp³-hybridized carbons (Fsp3) is 0.0667. The molecule has 0 aliphatic carbocycles. The summed E-state index contributed by atoms with van der Waals surface area (Å²) in [5, 5.41) is 0.669. The second-order valence-electron chi connectivity index (χ2n) is 3.83. The standard InChI is InChI=1S/C15H11Cl2F/c16-10-13(11-5-7-14(18)8-6-11)9-12-3-1-2-4-15(12)17/h1-9H,10H2. The lowest BCUT2D eigenvalue weighted by Gasteiger charge is -2.05. The van der Waals surface area contributed by atoms with Crippen molar-refractivity contribution in [3.63, 3.8) is 0 Å². The Kier molecular flexibility index (Phi) is 4.40. The number of hydrogen-bond acceptors (Lipinski definition) is 0. The fourth-order valence-corrected chi connectivity index (χ4v) is 2.06. The quantitative estimate of drug-likeness (QED) is 0.532. The lowest BCUT2D eigenvalue weighted by molar-refractivity contribution is 0.627. The van der Waals surface area contributed by atoms with Crippen LogP contribution in [-0.4, -0.2) is 5.88 Å². The number of hydrogen-bond donors (Lipinski definition) is 0. The third-order valence-electron chi connectivity index (χ3n) is 2.59. The van der Waals surface area contributed by atoms with Gasteiger partial charge in [-0.1, -0.05) is 41.9 Å². The molecule has 3 heteroatoms. The molecule has 0 radical (unpaired) electrons. The first-order valence-corrected chi connectivity index (χ1v) is 6.39. The number of benzene rings is 2. The van der Waals surface area contributed by atoms with Crippen LogP contribution in [0.1, 0.15) is 11.1 Å². The molecule has 0 aromatic heterocycles. The molecule has 0 saturated heterocycles. The minimum Gasteiger partial charge on any atom is -0.207 e. The van der Waals surface area contributed by atoms with Crippen molar-refractivity contribution in [3.05, 3.63) is 70.5 Å². The summed E-state index contributed by atoms with van der Waals surface area (Å²) in [5.41, 5.74) is 2.70. The smallest absolute Gasteiger partial charge is 0.123 e. The minimum absolute atomic E-state index is 0.259. The maximum atomic E-state index is 12.9. The summed E-state index contributed by atoms with van der Waals surface area (Å²) < 4.78 is 12.9. The van der Waals surface area contributed by atoms with Gasteiger partial charge >= 0.3 is 0 Å². The Bertz CT molecular complexity index is 559. The van der Waals surface area contributed by atoms with Crippen LogP contribution in [-0.2, 0) is 0 Å². The molecule has 2 aromatic rings. The van der Waals surface area contributed by atoms with Gasteiger partial charge in [-0.2, -0.15) is 0 Å². The summed E-state index contributed by atoms with van der Waals surface area (Å²) in [6.45, 7) is 0. The highest BCUT2D eigenvalue weighted by molar-refractivity contribution is 6.32. The van der Waals surface area contributed by atoms with Gasteiger partial charge in [0.15, 0.2) is 0 Å². The molecule has 0 aliphatic heterocycles. The van der Waals surface area contributed by atoms with Crippen molar-refractivity contribution in [1.29, 1.82) is 0 Å². The highest BCUT2D eigenvalue weighted by atomic mass is 35.5. The Morgan fingerprint density at radius 1 is 1.06 bits per heavy atom. The minimum atomic E-state index is -0.259. The average Bonchev–Trinajstić information content (AvgIpc) is 2.39. The van der Waals surface area contributed by atoms with Gasteiger partial charge in [0.05, 0.1) is 0 Å². The first-order chi connectivity index (χ1) is 8.70. The zero-order valence-electron chi connectivity index (χ0n) is 9.54. The van der Waals surface area contributed by atoms with E-state index in [1.165, 1.54) is 12.1 Å². The van der Waals surface area contributed by atoms with E-state index in [1.54, 1.807) is 12.1 Å². The highest BCUT2D eigenvalue weighted by Crippen LogP contribution is 2.24. The van der Waals surface area contributed by atoms with Gasteiger partial charge in [0, 0.05) is 10.9 Å². The van der Waals surface area contributed by atoms with Gasteiger partial charge < -0.3 is 0 Å². The molecule has 0 fully saturated rings. The number of alkyl halides is 1. The van der Waals surface area contributed by atoms with Crippen molar-refractivity contribution in [3.8, 4) is 0 Å². The Hall–Kier alpha value is -1.31. The highest BCUT2D eigenvalue weighted by Gasteiger charge is 2.03. The zero-order valence-corrected chi connectivity index (χ0v) is 11.0. The molecule has 2 aromatic carbocycles. The summed E-state index contributed by atoms with van der Waals surface area (Å²) in [4.78, 5) is 0. The molecule has 0 nitrogen and oxygen atoms in total. The van der Waals surface area contributed by atoms with Gasteiger partial charge in [0.2, 0.25) is 0 Å². The first-order valence-electron chi connectivity index (χ1n) is 5.47. The van der Waals surface area contributed by atoms with Gasteiger partial charge in [-0.05, 0) is 41.0 Å². The van der Waals surface area contributed by atoms with Crippen LogP contribution in [0.4, 0.5) is 4.39 Å². The number of allylic oxidation sites excluding steroid dienone is 1. The SMILES string of the molecule is Fc1ccc(C(=Cc2ccccc2Cl)CCl)cc1. The van der Waals surface area contributed by atoms with Crippen molar-refractivity contribution in [1.82, 2.24) is 0 Å². The van der Waals surface area contributed by atoms with Crippen LogP contribution in [0.15, 0.2) is 48.5 Å². The van der Waals surface area contributed by atoms with Crippen LogP contribution in [0.3, 0.4) is 0 Å². The van der Waals surface area contributed by atoms with Gasteiger partial charge in [-0.25, -0.2) is 4.39 Å². The van der Waals surface area contributed by atoms with Gasteiger partial charge in [-0.3, -0.25) is 0 Å². The molecule has 0 unspecified atom stereocenters. The third kappa shape index (κ3) is 3.12. The van der Waals surface area contributed by atoms with E-state index in [2.05, 4.69) is 0 Å². The van der Waals surface area contributed by atoms with E-state index in [9.17, 15) is 4.39 Å². The molecule has 0 atom stereocenters. The van der Waals surface area contributed by atoms with Crippen LogP contribution in [0.25, 0.3) is 11.6 Å². The molecule has 18 heavy (non-hydrogen) atoms. The maximum Gasteiger partial charge on any atom is 0.123 e. The lowest BCUT2D eigenvalue weighted by Crippen LogP contribution is -1.87. The Morgan fingerprint density at radius 2 is 1.72 bits per heavy atom. The average molecular weight is 281 g/mol. The van der Waals surface area contributed by atoms with Crippen molar-refractivity contribution < 1.29 is 4.39 Å². The zero-order chi connectivity index (χ0) is 13.0. The molecular formula is C15H11Cl2F. The molecule has 0 aliphatic rings. The summed E-state index contributed by atoms with van der Waals surface area (Å²) >= 11 is 12.0. The topological polar surface area (TPSA) is 0 Å². The van der Waals surface area contributed by atoms with Gasteiger partial charge in [-0.15, -0.1) is 11.6 Å². The summed E-state index contributed by atoms with van der Waals surface area (Å²) in [5.74, 6) is 0.0852.